The molecule has 2 aromatic carbocycles. The van der Waals surface area contributed by atoms with E-state index in [2.05, 4.69) is 20.8 Å². The molecule has 0 aliphatic heterocycles. The van der Waals surface area contributed by atoms with Crippen LogP contribution in [0.1, 0.15) is 42.3 Å². The van der Waals surface area contributed by atoms with E-state index in [1.807, 2.05) is 24.3 Å². The van der Waals surface area contributed by atoms with E-state index in [0.717, 1.165) is 5.56 Å². The van der Waals surface area contributed by atoms with Crippen molar-refractivity contribution in [1.29, 1.82) is 0 Å². The number of rotatable bonds is 11. The number of ketones is 1. The predicted octanol–water partition coefficient (Wildman–Crippen LogP) is 4.24. The van der Waals surface area contributed by atoms with Crippen LogP contribution in [0.4, 0.5) is 0 Å². The minimum Gasteiger partial charge on any atom is -0.463 e. The van der Waals surface area contributed by atoms with Crippen LogP contribution in [0.5, 0.6) is 11.5 Å². The van der Waals surface area contributed by atoms with Gasteiger partial charge in [-0.25, -0.2) is 0 Å². The van der Waals surface area contributed by atoms with E-state index < -0.39 is 0 Å². The second kappa shape index (κ2) is 11.1. The number of hydrogen-bond acceptors (Lipinski definition) is 6. The Hall–Kier alpha value is -2.19. The van der Waals surface area contributed by atoms with Crippen LogP contribution in [-0.4, -0.2) is 43.4 Å². The molecule has 0 aromatic heterocycles. The Balaban J connectivity index is 2.43. The molecule has 29 heavy (non-hydrogen) atoms. The number of methoxy groups -OCH3 is 2. The van der Waals surface area contributed by atoms with Crippen molar-refractivity contribution in [3.8, 4) is 11.5 Å². The Bertz CT molecular complexity index is 786. The number of carbonyl (C=O) groups excluding carboxylic acids is 1. The largest absolute Gasteiger partial charge is 0.463 e. The number of carbonyl (C=O) groups is 1. The van der Waals surface area contributed by atoms with Gasteiger partial charge in [0.2, 0.25) is 9.76 Å². The summed E-state index contributed by atoms with van der Waals surface area (Å²) in [4.78, 5) is 13.1. The molecule has 0 bridgehead atoms. The van der Waals surface area contributed by atoms with Crippen LogP contribution in [0.2, 0.25) is 5.04 Å². The third kappa shape index (κ3) is 6.97. The standard InChI is InChI=1S/C22H28O6Si/c1-22(2,3)29-28-13-17-11-12-18(19(23)16-9-7-6-8-10-16)21(27-15-25-5)20(17)26-14-24-4/h6-12H,13-15H2,1-5H3. The average Bonchev–Trinajstić information content (AvgIpc) is 2.70. The first-order chi connectivity index (χ1) is 13.9. The van der Waals surface area contributed by atoms with E-state index in [0.29, 0.717) is 39.0 Å². The van der Waals surface area contributed by atoms with Crippen molar-refractivity contribution < 1.29 is 28.2 Å². The molecule has 0 fully saturated rings. The Kier molecular flexibility index (Phi) is 8.85. The van der Waals surface area contributed by atoms with Gasteiger partial charge in [-0.05, 0) is 11.1 Å². The maximum atomic E-state index is 13.1. The fraction of sp³-hybridized carbons (Fsp3) is 0.409. The molecule has 7 heteroatoms. The van der Waals surface area contributed by atoms with E-state index in [4.69, 9.17) is 23.4 Å². The van der Waals surface area contributed by atoms with E-state index in [-0.39, 0.29) is 24.4 Å². The molecule has 0 saturated carbocycles. The van der Waals surface area contributed by atoms with Gasteiger partial charge in [0, 0.05) is 25.3 Å². The van der Waals surface area contributed by atoms with Crippen molar-refractivity contribution in [2.24, 2.45) is 0 Å². The van der Waals surface area contributed by atoms with Crippen LogP contribution < -0.4 is 9.47 Å². The van der Waals surface area contributed by atoms with Crippen molar-refractivity contribution in [3.63, 3.8) is 0 Å². The first kappa shape index (κ1) is 23.1. The topological polar surface area (TPSA) is 63.2 Å². The summed E-state index contributed by atoms with van der Waals surface area (Å²) in [5.41, 5.74) is 1.72. The van der Waals surface area contributed by atoms with Crippen LogP contribution in [-0.2, 0) is 20.5 Å². The second-order valence-electron chi connectivity index (χ2n) is 7.37. The van der Waals surface area contributed by atoms with Crippen LogP contribution >= 0.6 is 0 Å². The van der Waals surface area contributed by atoms with Crippen molar-refractivity contribution in [1.82, 2.24) is 0 Å². The lowest BCUT2D eigenvalue weighted by Crippen LogP contribution is -2.15. The Morgan fingerprint density at radius 2 is 1.52 bits per heavy atom. The van der Waals surface area contributed by atoms with Crippen molar-refractivity contribution >= 4 is 15.5 Å². The van der Waals surface area contributed by atoms with Crippen LogP contribution in [0.25, 0.3) is 0 Å². The quantitative estimate of drug-likeness (QED) is 0.310. The van der Waals surface area contributed by atoms with Crippen LogP contribution in [0.3, 0.4) is 0 Å². The highest BCUT2D eigenvalue weighted by atomic mass is 28.2. The summed E-state index contributed by atoms with van der Waals surface area (Å²) in [6, 6.07) is 12.6. The summed E-state index contributed by atoms with van der Waals surface area (Å²) in [7, 11) is 3.37. The molecule has 0 unspecified atom stereocenters. The molecule has 0 N–H and O–H groups in total. The second-order valence-corrected chi connectivity index (χ2v) is 9.36. The van der Waals surface area contributed by atoms with E-state index in [1.54, 1.807) is 18.2 Å². The maximum absolute atomic E-state index is 13.1. The van der Waals surface area contributed by atoms with Gasteiger partial charge in [-0.3, -0.25) is 4.79 Å². The normalized spacial score (nSPS) is 11.3. The molecule has 0 heterocycles. The van der Waals surface area contributed by atoms with Crippen LogP contribution in [0.15, 0.2) is 42.5 Å². The molecule has 2 rings (SSSR count). The molecule has 0 amide bonds. The summed E-state index contributed by atoms with van der Waals surface area (Å²) in [5, 5.41) is 0.0617. The average molecular weight is 417 g/mol. The zero-order chi connectivity index (χ0) is 21.3. The summed E-state index contributed by atoms with van der Waals surface area (Å²) >= 11 is 0. The summed E-state index contributed by atoms with van der Waals surface area (Å²) < 4.78 is 27.6. The molecule has 0 saturated heterocycles. The fourth-order valence-corrected chi connectivity index (χ4v) is 3.17. The molecular weight excluding hydrogens is 388 g/mol. The van der Waals surface area contributed by atoms with Gasteiger partial charge in [0.25, 0.3) is 0 Å². The highest BCUT2D eigenvalue weighted by molar-refractivity contribution is 6.31. The minimum absolute atomic E-state index is 0.0148. The Morgan fingerprint density at radius 1 is 0.897 bits per heavy atom. The molecule has 0 aliphatic rings. The summed E-state index contributed by atoms with van der Waals surface area (Å²) in [6.45, 7) is 6.67. The van der Waals surface area contributed by atoms with Gasteiger partial charge < -0.3 is 23.4 Å². The van der Waals surface area contributed by atoms with Gasteiger partial charge in [-0.1, -0.05) is 57.2 Å². The molecule has 0 atom stereocenters. The summed E-state index contributed by atoms with van der Waals surface area (Å²) in [6.07, 6.45) is 0. The van der Waals surface area contributed by atoms with Gasteiger partial charge in [-0.2, -0.15) is 0 Å². The number of ether oxygens (including phenoxy) is 4. The lowest BCUT2D eigenvalue weighted by atomic mass is 10.00. The van der Waals surface area contributed by atoms with Gasteiger partial charge in [0.1, 0.15) is 0 Å². The third-order valence-corrected chi connectivity index (χ3v) is 4.62. The highest BCUT2D eigenvalue weighted by Crippen LogP contribution is 2.37. The van der Waals surface area contributed by atoms with Gasteiger partial charge in [0.05, 0.1) is 12.2 Å². The molecule has 156 valence electrons. The van der Waals surface area contributed by atoms with Crippen molar-refractivity contribution in [3.05, 3.63) is 59.2 Å². The molecule has 2 aromatic rings. The van der Waals surface area contributed by atoms with E-state index >= 15 is 0 Å². The van der Waals surface area contributed by atoms with Gasteiger partial charge in [-0.15, -0.1) is 0 Å². The molecule has 2 radical (unpaired) electrons. The number of benzene rings is 2. The van der Waals surface area contributed by atoms with Gasteiger partial charge in [0.15, 0.2) is 30.9 Å². The molecular formula is C22H28O6Si. The van der Waals surface area contributed by atoms with Crippen LogP contribution in [0, 0.1) is 0 Å². The first-order valence-corrected chi connectivity index (χ1v) is 10.2. The summed E-state index contributed by atoms with van der Waals surface area (Å²) in [5.74, 6) is 0.574. The maximum Gasteiger partial charge on any atom is 0.236 e. The zero-order valence-electron chi connectivity index (χ0n) is 17.6. The highest BCUT2D eigenvalue weighted by Gasteiger charge is 2.23. The van der Waals surface area contributed by atoms with E-state index in [9.17, 15) is 4.79 Å². The minimum atomic E-state index is -0.164. The number of hydrogen-bond donors (Lipinski definition) is 0. The lowest BCUT2D eigenvalue weighted by Gasteiger charge is -2.20. The Morgan fingerprint density at radius 3 is 2.10 bits per heavy atom. The third-order valence-electron chi connectivity index (χ3n) is 3.72. The Labute approximate surface area is 175 Å². The van der Waals surface area contributed by atoms with Crippen molar-refractivity contribution in [2.45, 2.75) is 32.4 Å². The zero-order valence-corrected chi connectivity index (χ0v) is 18.6. The van der Waals surface area contributed by atoms with E-state index in [1.165, 1.54) is 14.2 Å². The fourth-order valence-electron chi connectivity index (χ4n) is 2.51. The first-order valence-electron chi connectivity index (χ1n) is 9.25. The molecule has 0 aliphatic carbocycles. The monoisotopic (exact) mass is 416 g/mol. The predicted molar refractivity (Wildman–Crippen MR) is 112 cm³/mol. The van der Waals surface area contributed by atoms with Crippen molar-refractivity contribution in [2.75, 3.05) is 27.8 Å². The lowest BCUT2D eigenvalue weighted by molar-refractivity contribution is 0.0306. The smallest absolute Gasteiger partial charge is 0.236 e. The molecule has 0 spiro atoms. The SMILES string of the molecule is COCOc1c(CO[Si]C(C)(C)C)ccc(C(=O)c2ccccc2)c1OCOC. The van der Waals surface area contributed by atoms with Gasteiger partial charge >= 0.3 is 0 Å². The molecule has 6 nitrogen and oxygen atoms in total.